The van der Waals surface area contributed by atoms with Gasteiger partial charge in [-0.15, -0.1) is 0 Å². The highest BCUT2D eigenvalue weighted by molar-refractivity contribution is 5.91. The van der Waals surface area contributed by atoms with Gasteiger partial charge in [0.25, 0.3) is 5.56 Å². The number of para-hydroxylation sites is 2. The monoisotopic (exact) mass is 409 g/mol. The molecule has 3 aromatic heterocycles. The molecule has 154 valence electrons. The van der Waals surface area contributed by atoms with Crippen molar-refractivity contribution in [1.29, 1.82) is 0 Å². The molecule has 1 N–H and O–H groups in total. The average molecular weight is 409 g/mol. The minimum absolute atomic E-state index is 0.0382. The lowest BCUT2D eigenvalue weighted by molar-refractivity contribution is 0.584. The fourth-order valence-electron chi connectivity index (χ4n) is 4.74. The van der Waals surface area contributed by atoms with E-state index < -0.39 is 0 Å². The van der Waals surface area contributed by atoms with Crippen LogP contribution in [-0.4, -0.2) is 24.3 Å². The molecule has 0 saturated heterocycles. The number of nitrogens with zero attached hydrogens (tertiary/aromatic N) is 4. The van der Waals surface area contributed by atoms with Gasteiger partial charge in [0.15, 0.2) is 11.5 Å². The molecule has 0 radical (unpaired) electrons. The lowest BCUT2D eigenvalue weighted by Gasteiger charge is -2.23. The minimum Gasteiger partial charge on any atom is -0.352 e. The summed E-state index contributed by atoms with van der Waals surface area (Å²) in [6, 6.07) is 16.5. The minimum atomic E-state index is -0.0670. The molecule has 2 aromatic carbocycles. The van der Waals surface area contributed by atoms with Crippen molar-refractivity contribution in [1.82, 2.24) is 24.3 Å². The summed E-state index contributed by atoms with van der Waals surface area (Å²) in [5, 5.41) is 6.35. The van der Waals surface area contributed by atoms with Crippen LogP contribution in [-0.2, 0) is 18.4 Å². The van der Waals surface area contributed by atoms with Crippen LogP contribution in [0.5, 0.6) is 0 Å². The van der Waals surface area contributed by atoms with Crippen molar-refractivity contribution in [3.8, 4) is 17.2 Å². The predicted octanol–water partition coefficient (Wildman–Crippen LogP) is 4.58. The van der Waals surface area contributed by atoms with E-state index in [0.717, 1.165) is 28.9 Å². The lowest BCUT2D eigenvalue weighted by atomic mass is 9.86. The molecule has 5 aromatic rings. The second-order valence-electron chi connectivity index (χ2n) is 9.23. The molecule has 0 unspecified atom stereocenters. The summed E-state index contributed by atoms with van der Waals surface area (Å²) in [6.07, 6.45) is 2.46. The highest BCUT2D eigenvalue weighted by atomic mass is 16.1. The van der Waals surface area contributed by atoms with Crippen LogP contribution >= 0.6 is 0 Å². The molecule has 0 spiro atoms. The number of aryl methyl sites for hydroxylation is 1. The number of aromatic amines is 1. The first-order valence-corrected chi connectivity index (χ1v) is 10.6. The highest BCUT2D eigenvalue weighted by Crippen LogP contribution is 2.34. The summed E-state index contributed by atoms with van der Waals surface area (Å²) >= 11 is 0. The van der Waals surface area contributed by atoms with Crippen molar-refractivity contribution in [2.24, 2.45) is 0 Å². The van der Waals surface area contributed by atoms with Crippen LogP contribution in [0.3, 0.4) is 0 Å². The van der Waals surface area contributed by atoms with E-state index in [1.54, 1.807) is 10.8 Å². The zero-order chi connectivity index (χ0) is 21.3. The van der Waals surface area contributed by atoms with E-state index in [2.05, 4.69) is 49.1 Å². The molecule has 0 aliphatic carbocycles. The van der Waals surface area contributed by atoms with Gasteiger partial charge < -0.3 is 4.98 Å². The van der Waals surface area contributed by atoms with E-state index in [1.165, 1.54) is 10.9 Å². The molecule has 1 aliphatic heterocycles. The van der Waals surface area contributed by atoms with Gasteiger partial charge in [-0.1, -0.05) is 57.2 Å². The Bertz CT molecular complexity index is 1540. The van der Waals surface area contributed by atoms with Gasteiger partial charge in [-0.05, 0) is 35.1 Å². The third-order valence-electron chi connectivity index (χ3n) is 6.25. The summed E-state index contributed by atoms with van der Waals surface area (Å²) in [7, 11) is 0. The zero-order valence-electron chi connectivity index (χ0n) is 17.8. The van der Waals surface area contributed by atoms with E-state index >= 15 is 0 Å². The number of fused-ring (bicyclic) bond motifs is 6. The molecule has 6 rings (SSSR count). The van der Waals surface area contributed by atoms with E-state index in [1.807, 2.05) is 35.0 Å². The van der Waals surface area contributed by atoms with Crippen molar-refractivity contribution in [3.05, 3.63) is 76.2 Å². The number of rotatable bonds is 1. The Hall–Kier alpha value is -3.67. The van der Waals surface area contributed by atoms with Crippen molar-refractivity contribution >= 4 is 21.9 Å². The average Bonchev–Trinajstić information content (AvgIpc) is 3.35. The van der Waals surface area contributed by atoms with Gasteiger partial charge in [-0.3, -0.25) is 9.36 Å². The molecule has 6 nitrogen and oxygen atoms in total. The summed E-state index contributed by atoms with van der Waals surface area (Å²) in [5.74, 6) is 0.685. The second-order valence-corrected chi connectivity index (χ2v) is 9.23. The van der Waals surface area contributed by atoms with Crippen LogP contribution in [0.25, 0.3) is 39.1 Å². The molecule has 0 saturated carbocycles. The molecule has 31 heavy (non-hydrogen) atoms. The summed E-state index contributed by atoms with van der Waals surface area (Å²) < 4.78 is 3.59. The molecular formula is C25H23N5O. The van der Waals surface area contributed by atoms with Crippen LogP contribution in [0, 0.1) is 0 Å². The van der Waals surface area contributed by atoms with Crippen LogP contribution in [0.2, 0.25) is 0 Å². The maximum atomic E-state index is 13.4. The van der Waals surface area contributed by atoms with Crippen LogP contribution in [0.4, 0.5) is 0 Å². The molecule has 4 heterocycles. The van der Waals surface area contributed by atoms with Gasteiger partial charge in [0.05, 0.1) is 17.6 Å². The predicted molar refractivity (Wildman–Crippen MR) is 123 cm³/mol. The summed E-state index contributed by atoms with van der Waals surface area (Å²) in [4.78, 5) is 21.9. The fourth-order valence-corrected chi connectivity index (χ4v) is 4.74. The third-order valence-corrected chi connectivity index (χ3v) is 6.25. The van der Waals surface area contributed by atoms with E-state index in [9.17, 15) is 4.79 Å². The molecule has 0 bridgehead atoms. The first-order valence-electron chi connectivity index (χ1n) is 10.6. The van der Waals surface area contributed by atoms with Gasteiger partial charge in [-0.2, -0.15) is 5.10 Å². The first kappa shape index (κ1) is 18.1. The van der Waals surface area contributed by atoms with Crippen molar-refractivity contribution < 1.29 is 0 Å². The Morgan fingerprint density at radius 3 is 2.61 bits per heavy atom. The van der Waals surface area contributed by atoms with E-state index in [-0.39, 0.29) is 11.0 Å². The number of hydrogen-bond acceptors (Lipinski definition) is 3. The maximum Gasteiger partial charge on any atom is 0.264 e. The number of benzene rings is 2. The Kier molecular flexibility index (Phi) is 3.61. The smallest absolute Gasteiger partial charge is 0.264 e. The third kappa shape index (κ3) is 2.54. The molecule has 0 amide bonds. The van der Waals surface area contributed by atoms with Gasteiger partial charge in [0, 0.05) is 17.4 Å². The summed E-state index contributed by atoms with van der Waals surface area (Å²) in [5.41, 5.74) is 5.83. The molecule has 0 fully saturated rings. The van der Waals surface area contributed by atoms with Gasteiger partial charge in [0.1, 0.15) is 5.39 Å². The molecule has 1 aliphatic rings. The Labute approximate surface area is 179 Å². The first-order chi connectivity index (χ1) is 14.9. The Morgan fingerprint density at radius 1 is 1.00 bits per heavy atom. The van der Waals surface area contributed by atoms with Gasteiger partial charge in [-0.25, -0.2) is 9.67 Å². The topological polar surface area (TPSA) is 68.5 Å². The van der Waals surface area contributed by atoms with E-state index in [4.69, 9.17) is 4.98 Å². The maximum absolute atomic E-state index is 13.4. The zero-order valence-corrected chi connectivity index (χ0v) is 17.8. The largest absolute Gasteiger partial charge is 0.352 e. The van der Waals surface area contributed by atoms with E-state index in [0.29, 0.717) is 23.4 Å². The highest BCUT2D eigenvalue weighted by Gasteiger charge is 2.26. The molecule has 0 atom stereocenters. The van der Waals surface area contributed by atoms with Gasteiger partial charge >= 0.3 is 0 Å². The summed E-state index contributed by atoms with van der Waals surface area (Å²) in [6.45, 7) is 7.16. The quantitative estimate of drug-likeness (QED) is 0.440. The van der Waals surface area contributed by atoms with Gasteiger partial charge in [0.2, 0.25) is 0 Å². The molecular weight excluding hydrogens is 386 g/mol. The number of hydrogen-bond donors (Lipinski definition) is 1. The van der Waals surface area contributed by atoms with Crippen LogP contribution in [0.15, 0.2) is 59.5 Å². The Morgan fingerprint density at radius 2 is 1.77 bits per heavy atom. The fraction of sp³-hybridized carbons (Fsp3) is 0.240. The number of nitrogens with one attached hydrogen (secondary N) is 1. The Balaban J connectivity index is 1.66. The number of H-pyrrole nitrogens is 1. The lowest BCUT2D eigenvalue weighted by Crippen LogP contribution is -2.27. The van der Waals surface area contributed by atoms with Crippen LogP contribution < -0.4 is 5.56 Å². The molecule has 6 heteroatoms. The van der Waals surface area contributed by atoms with Crippen molar-refractivity contribution in [2.75, 3.05) is 0 Å². The normalized spacial score (nSPS) is 13.5. The van der Waals surface area contributed by atoms with Crippen LogP contribution in [0.1, 0.15) is 31.9 Å². The van der Waals surface area contributed by atoms with Crippen molar-refractivity contribution in [2.45, 2.75) is 39.2 Å². The second kappa shape index (κ2) is 6.17. The van der Waals surface area contributed by atoms with Crippen molar-refractivity contribution in [3.63, 3.8) is 0 Å². The number of aromatic nitrogens is 5. The SMILES string of the molecule is CC(C)(C)c1ccccc1-n1ncc2c(=O)n3c(nc21)-c1[nH]c2ccccc2c1CC3. The standard InChI is InChI=1S/C25H23N5O/c1-25(2,3)18-9-5-7-11-20(18)30-22-17(14-26-30)24(31)29-13-12-16-15-8-4-6-10-19(15)27-21(16)23(29)28-22/h4-11,14,27H,12-13H2,1-3H3.